The molecule has 2 aliphatic rings. The van der Waals surface area contributed by atoms with Gasteiger partial charge in [0, 0.05) is 16.0 Å². The molecule has 0 fully saturated rings. The van der Waals surface area contributed by atoms with Crippen molar-refractivity contribution in [2.24, 2.45) is 0 Å². The Morgan fingerprint density at radius 3 is 2.90 bits per heavy atom. The number of hydrogen-bond acceptors (Lipinski definition) is 6. The Balaban J connectivity index is 1.63. The molecular formula is C23H18N4O2S. The molecule has 0 spiro atoms. The molecule has 0 amide bonds. The predicted octanol–water partition coefficient (Wildman–Crippen LogP) is 4.91. The molecule has 7 heteroatoms. The summed E-state index contributed by atoms with van der Waals surface area (Å²) in [5, 5.41) is 10.1. The van der Waals surface area contributed by atoms with Gasteiger partial charge in [-0.25, -0.2) is 4.68 Å². The summed E-state index contributed by atoms with van der Waals surface area (Å²) >= 11 is 1.69. The molecule has 0 saturated carbocycles. The Kier molecular flexibility index (Phi) is 3.89. The van der Waals surface area contributed by atoms with Crippen LogP contribution in [0, 0.1) is 0 Å². The molecule has 148 valence electrons. The lowest BCUT2D eigenvalue weighted by atomic mass is 9.86. The molecule has 6 nitrogen and oxygen atoms in total. The van der Waals surface area contributed by atoms with Crippen molar-refractivity contribution in [3.63, 3.8) is 0 Å². The van der Waals surface area contributed by atoms with E-state index in [1.54, 1.807) is 24.8 Å². The van der Waals surface area contributed by atoms with Crippen LogP contribution in [-0.4, -0.2) is 21.9 Å². The zero-order chi connectivity index (χ0) is 20.1. The summed E-state index contributed by atoms with van der Waals surface area (Å²) in [4.78, 5) is 5.61. The predicted molar refractivity (Wildman–Crippen MR) is 116 cm³/mol. The molecule has 4 heterocycles. The molecular weight excluding hydrogens is 396 g/mol. The van der Waals surface area contributed by atoms with Crippen molar-refractivity contribution < 1.29 is 9.47 Å². The van der Waals surface area contributed by atoms with E-state index < -0.39 is 0 Å². The number of thiophene rings is 1. The molecule has 4 aromatic rings. The van der Waals surface area contributed by atoms with Crippen molar-refractivity contribution in [1.29, 1.82) is 0 Å². The van der Waals surface area contributed by atoms with Crippen LogP contribution in [0.15, 0.2) is 77.9 Å². The van der Waals surface area contributed by atoms with Crippen molar-refractivity contribution in [3.05, 3.63) is 93.9 Å². The van der Waals surface area contributed by atoms with Gasteiger partial charge in [0.15, 0.2) is 6.10 Å². The molecule has 0 saturated heterocycles. The summed E-state index contributed by atoms with van der Waals surface area (Å²) in [6, 6.07) is 20.2. The highest BCUT2D eigenvalue weighted by atomic mass is 32.1. The number of aromatic nitrogens is 3. The first-order valence-electron chi connectivity index (χ1n) is 9.67. The Labute approximate surface area is 177 Å². The molecule has 1 N–H and O–H groups in total. The summed E-state index contributed by atoms with van der Waals surface area (Å²) < 4.78 is 14.0. The fourth-order valence-corrected chi connectivity index (χ4v) is 5.00. The van der Waals surface area contributed by atoms with E-state index in [1.165, 1.54) is 0 Å². The molecule has 30 heavy (non-hydrogen) atoms. The topological polar surface area (TPSA) is 61.2 Å². The standard InChI is InChI=1S/C23H18N4O2S/c1-28-15-7-4-6-14(12-15)21-19-20(26-23-24-13-25-27(21)23)16-8-2-3-9-17(16)29-22(19)18-10-5-11-30-18/h2-13,21-22H,1H3,(H,24,25,26). The number of hydrogen-bond donors (Lipinski definition) is 1. The van der Waals surface area contributed by atoms with Crippen LogP contribution >= 0.6 is 11.3 Å². The summed E-state index contributed by atoms with van der Waals surface area (Å²) in [5.41, 5.74) is 4.24. The Morgan fingerprint density at radius 1 is 1.10 bits per heavy atom. The highest BCUT2D eigenvalue weighted by molar-refractivity contribution is 7.10. The van der Waals surface area contributed by atoms with Crippen LogP contribution in [0.2, 0.25) is 0 Å². The van der Waals surface area contributed by atoms with E-state index in [0.29, 0.717) is 5.95 Å². The molecule has 2 atom stereocenters. The second-order valence-corrected chi connectivity index (χ2v) is 8.15. The number of fused-ring (bicyclic) bond motifs is 3. The Bertz CT molecular complexity index is 1260. The lowest BCUT2D eigenvalue weighted by molar-refractivity contribution is 0.226. The van der Waals surface area contributed by atoms with Crippen LogP contribution in [-0.2, 0) is 0 Å². The zero-order valence-corrected chi connectivity index (χ0v) is 17.0. The maximum absolute atomic E-state index is 6.57. The largest absolute Gasteiger partial charge is 0.497 e. The number of para-hydroxylation sites is 1. The number of anilines is 1. The van der Waals surface area contributed by atoms with Crippen LogP contribution < -0.4 is 14.8 Å². The lowest BCUT2D eigenvalue weighted by Crippen LogP contribution is -2.32. The number of ether oxygens (including phenoxy) is 2. The quantitative estimate of drug-likeness (QED) is 0.516. The first-order valence-corrected chi connectivity index (χ1v) is 10.6. The monoisotopic (exact) mass is 414 g/mol. The van der Waals surface area contributed by atoms with E-state index in [-0.39, 0.29) is 12.1 Å². The zero-order valence-electron chi connectivity index (χ0n) is 16.1. The normalized spacial score (nSPS) is 19.2. The molecule has 2 aromatic carbocycles. The molecule has 6 rings (SSSR count). The average molecular weight is 414 g/mol. The van der Waals surface area contributed by atoms with Crippen LogP contribution in [0.1, 0.15) is 28.1 Å². The molecule has 2 unspecified atom stereocenters. The minimum atomic E-state index is -0.226. The van der Waals surface area contributed by atoms with Crippen molar-refractivity contribution in [2.45, 2.75) is 12.1 Å². The Hall–Kier alpha value is -3.58. The molecule has 0 bridgehead atoms. The van der Waals surface area contributed by atoms with Crippen LogP contribution in [0.5, 0.6) is 11.5 Å². The van der Waals surface area contributed by atoms with Gasteiger partial charge >= 0.3 is 0 Å². The molecule has 2 aromatic heterocycles. The fourth-order valence-electron chi connectivity index (χ4n) is 4.23. The summed E-state index contributed by atoms with van der Waals surface area (Å²) in [6.07, 6.45) is 1.36. The van der Waals surface area contributed by atoms with Gasteiger partial charge in [-0.3, -0.25) is 0 Å². The maximum Gasteiger partial charge on any atom is 0.226 e. The smallest absolute Gasteiger partial charge is 0.226 e. The number of rotatable bonds is 3. The third-order valence-electron chi connectivity index (χ3n) is 5.53. The first kappa shape index (κ1) is 17.3. The van der Waals surface area contributed by atoms with Crippen LogP contribution in [0.3, 0.4) is 0 Å². The third kappa shape index (κ3) is 2.55. The minimum absolute atomic E-state index is 0.172. The lowest BCUT2D eigenvalue weighted by Gasteiger charge is -2.38. The SMILES string of the molecule is COc1cccc(C2C3=C(Nc4ncnn42)c2ccccc2OC3c2cccs2)c1. The van der Waals surface area contributed by atoms with Gasteiger partial charge in [-0.2, -0.15) is 10.1 Å². The van der Waals surface area contributed by atoms with Crippen molar-refractivity contribution >= 4 is 23.0 Å². The highest BCUT2D eigenvalue weighted by Crippen LogP contribution is 2.51. The number of nitrogens with zero attached hydrogens (tertiary/aromatic N) is 3. The van der Waals surface area contributed by atoms with Gasteiger partial charge in [-0.1, -0.05) is 30.3 Å². The third-order valence-corrected chi connectivity index (χ3v) is 6.45. The molecule has 0 radical (unpaired) electrons. The molecule has 2 aliphatic heterocycles. The highest BCUT2D eigenvalue weighted by Gasteiger charge is 2.41. The van der Waals surface area contributed by atoms with Gasteiger partial charge in [0.25, 0.3) is 0 Å². The second-order valence-electron chi connectivity index (χ2n) is 7.17. The van der Waals surface area contributed by atoms with Gasteiger partial charge in [-0.15, -0.1) is 11.3 Å². The fraction of sp³-hybridized carbons (Fsp3) is 0.130. The summed E-state index contributed by atoms with van der Waals surface area (Å²) in [7, 11) is 1.68. The van der Waals surface area contributed by atoms with Gasteiger partial charge in [0.05, 0.1) is 12.8 Å². The van der Waals surface area contributed by atoms with Gasteiger partial charge < -0.3 is 14.8 Å². The Morgan fingerprint density at radius 2 is 2.03 bits per heavy atom. The number of benzene rings is 2. The summed E-state index contributed by atoms with van der Waals surface area (Å²) in [5.74, 6) is 2.38. The van der Waals surface area contributed by atoms with Gasteiger partial charge in [-0.05, 0) is 41.3 Å². The first-order chi connectivity index (χ1) is 14.8. The maximum atomic E-state index is 6.57. The van der Waals surface area contributed by atoms with Gasteiger partial charge in [0.2, 0.25) is 5.95 Å². The average Bonchev–Trinajstić information content (AvgIpc) is 3.49. The van der Waals surface area contributed by atoms with E-state index in [0.717, 1.165) is 38.8 Å². The second kappa shape index (κ2) is 6.74. The number of nitrogens with one attached hydrogen (secondary N) is 1. The minimum Gasteiger partial charge on any atom is -0.497 e. The van der Waals surface area contributed by atoms with E-state index in [4.69, 9.17) is 9.47 Å². The molecule has 0 aliphatic carbocycles. The van der Waals surface area contributed by atoms with E-state index in [9.17, 15) is 0 Å². The van der Waals surface area contributed by atoms with Gasteiger partial charge in [0.1, 0.15) is 23.9 Å². The van der Waals surface area contributed by atoms with Crippen molar-refractivity contribution in [3.8, 4) is 11.5 Å². The van der Waals surface area contributed by atoms with Crippen LogP contribution in [0.25, 0.3) is 5.70 Å². The van der Waals surface area contributed by atoms with E-state index >= 15 is 0 Å². The van der Waals surface area contributed by atoms with Crippen LogP contribution in [0.4, 0.5) is 5.95 Å². The van der Waals surface area contributed by atoms with Crippen molar-refractivity contribution in [1.82, 2.24) is 14.8 Å². The summed E-state index contributed by atoms with van der Waals surface area (Å²) in [6.45, 7) is 0. The number of methoxy groups -OCH3 is 1. The van der Waals surface area contributed by atoms with E-state index in [2.05, 4.69) is 51.1 Å². The van der Waals surface area contributed by atoms with E-state index in [1.807, 2.05) is 35.0 Å². The van der Waals surface area contributed by atoms with Crippen molar-refractivity contribution in [2.75, 3.05) is 12.4 Å².